The van der Waals surface area contributed by atoms with Crippen molar-refractivity contribution in [2.75, 3.05) is 6.61 Å². The minimum absolute atomic E-state index is 0.00396. The summed E-state index contributed by atoms with van der Waals surface area (Å²) >= 11 is 6.16. The molecule has 0 bridgehead atoms. The third-order valence-electron chi connectivity index (χ3n) is 4.01. The highest BCUT2D eigenvalue weighted by molar-refractivity contribution is 6.31. The average Bonchev–Trinajstić information content (AvgIpc) is 2.57. The first kappa shape index (κ1) is 13.4. The van der Waals surface area contributed by atoms with E-state index in [1.165, 1.54) is 0 Å². The van der Waals surface area contributed by atoms with E-state index in [1.54, 1.807) is 10.6 Å². The van der Waals surface area contributed by atoms with Gasteiger partial charge in [0.25, 0.3) is 5.56 Å². The Hall–Kier alpha value is -2.26. The molecule has 1 aliphatic rings. The molecule has 0 radical (unpaired) electrons. The Morgan fingerprint density at radius 1 is 1.09 bits per heavy atom. The summed E-state index contributed by atoms with van der Waals surface area (Å²) in [6.07, 6.45) is 1.60. The molecule has 3 aromatic rings. The fourth-order valence-corrected chi connectivity index (χ4v) is 3.20. The van der Waals surface area contributed by atoms with Crippen LogP contribution < -0.4 is 10.3 Å². The highest BCUT2D eigenvalue weighted by Crippen LogP contribution is 2.33. The predicted molar refractivity (Wildman–Crippen MR) is 88.4 cm³/mol. The molecule has 1 aliphatic heterocycles. The van der Waals surface area contributed by atoms with Crippen molar-refractivity contribution >= 4 is 22.5 Å². The Kier molecular flexibility index (Phi) is 3.16. The van der Waals surface area contributed by atoms with Crippen LogP contribution in [0.5, 0.6) is 5.75 Å². The molecule has 0 aliphatic carbocycles. The summed E-state index contributed by atoms with van der Waals surface area (Å²) in [4.78, 5) is 13.0. The molecular formula is C18H14ClNO2. The molecular weight excluding hydrogens is 298 g/mol. The zero-order valence-electron chi connectivity index (χ0n) is 11.9. The van der Waals surface area contributed by atoms with E-state index in [1.807, 2.05) is 42.5 Å². The van der Waals surface area contributed by atoms with Gasteiger partial charge in [0.05, 0.1) is 17.7 Å². The molecule has 0 unspecified atom stereocenters. The summed E-state index contributed by atoms with van der Waals surface area (Å²) in [6, 6.07) is 15.2. The number of hydrogen-bond acceptors (Lipinski definition) is 2. The van der Waals surface area contributed by atoms with Crippen molar-refractivity contribution in [3.63, 3.8) is 0 Å². The minimum Gasteiger partial charge on any atom is -0.492 e. The Bertz CT molecular complexity index is 916. The monoisotopic (exact) mass is 311 g/mol. The Balaban J connectivity index is 2.17. The van der Waals surface area contributed by atoms with Crippen LogP contribution in [-0.4, -0.2) is 11.2 Å². The fraction of sp³-hybridized carbons (Fsp3) is 0.167. The number of hydrogen-bond donors (Lipinski definition) is 0. The number of rotatable bonds is 1. The molecule has 22 heavy (non-hydrogen) atoms. The Morgan fingerprint density at radius 2 is 1.91 bits per heavy atom. The van der Waals surface area contributed by atoms with E-state index in [0.717, 1.165) is 35.0 Å². The summed E-state index contributed by atoms with van der Waals surface area (Å²) in [6.45, 7) is 0.642. The molecule has 0 spiro atoms. The quantitative estimate of drug-likeness (QED) is 0.681. The maximum absolute atomic E-state index is 13.0. The molecule has 0 saturated carbocycles. The van der Waals surface area contributed by atoms with Crippen molar-refractivity contribution in [1.82, 2.24) is 4.57 Å². The van der Waals surface area contributed by atoms with Crippen molar-refractivity contribution in [3.8, 4) is 11.4 Å². The SMILES string of the molecule is O=c1c2c(c3cc(Cl)ccc3n1-c1ccccc1)OCCC2. The Morgan fingerprint density at radius 3 is 2.73 bits per heavy atom. The zero-order valence-corrected chi connectivity index (χ0v) is 12.6. The smallest absolute Gasteiger partial charge is 0.262 e. The van der Waals surface area contributed by atoms with Crippen LogP contribution in [0.15, 0.2) is 53.3 Å². The highest BCUT2D eigenvalue weighted by Gasteiger charge is 2.21. The predicted octanol–water partition coefficient (Wildman–Crippen LogP) is 3.97. The topological polar surface area (TPSA) is 31.2 Å². The molecule has 4 heteroatoms. The lowest BCUT2D eigenvalue weighted by Gasteiger charge is -2.21. The first-order valence-corrected chi connectivity index (χ1v) is 7.69. The average molecular weight is 312 g/mol. The number of ether oxygens (including phenoxy) is 1. The van der Waals surface area contributed by atoms with E-state index in [0.29, 0.717) is 17.4 Å². The summed E-state index contributed by atoms with van der Waals surface area (Å²) in [5.74, 6) is 0.695. The first-order chi connectivity index (χ1) is 10.8. The molecule has 110 valence electrons. The third kappa shape index (κ3) is 2.01. The van der Waals surface area contributed by atoms with E-state index in [2.05, 4.69) is 0 Å². The number of nitrogens with zero attached hydrogens (tertiary/aromatic N) is 1. The normalized spacial score (nSPS) is 13.7. The fourth-order valence-electron chi connectivity index (χ4n) is 3.03. The van der Waals surface area contributed by atoms with Gasteiger partial charge in [-0.3, -0.25) is 9.36 Å². The van der Waals surface area contributed by atoms with E-state index in [4.69, 9.17) is 16.3 Å². The summed E-state index contributed by atoms with van der Waals surface area (Å²) in [7, 11) is 0. The van der Waals surface area contributed by atoms with Crippen LogP contribution in [0.25, 0.3) is 16.6 Å². The van der Waals surface area contributed by atoms with Gasteiger partial charge in [0.1, 0.15) is 5.75 Å². The van der Waals surface area contributed by atoms with Gasteiger partial charge in [0.2, 0.25) is 0 Å². The van der Waals surface area contributed by atoms with Gasteiger partial charge in [-0.05, 0) is 43.2 Å². The maximum atomic E-state index is 13.0. The number of pyridine rings is 1. The molecule has 3 nitrogen and oxygen atoms in total. The molecule has 1 aromatic heterocycles. The van der Waals surface area contributed by atoms with Crippen LogP contribution in [0.3, 0.4) is 0 Å². The lowest BCUT2D eigenvalue weighted by molar-refractivity contribution is 0.290. The molecule has 0 fully saturated rings. The van der Waals surface area contributed by atoms with Gasteiger partial charge in [0, 0.05) is 16.1 Å². The van der Waals surface area contributed by atoms with E-state index < -0.39 is 0 Å². The van der Waals surface area contributed by atoms with Crippen molar-refractivity contribution in [3.05, 3.63) is 69.5 Å². The zero-order chi connectivity index (χ0) is 15.1. The van der Waals surface area contributed by atoms with Gasteiger partial charge in [-0.1, -0.05) is 29.8 Å². The van der Waals surface area contributed by atoms with Crippen LogP contribution in [0.4, 0.5) is 0 Å². The van der Waals surface area contributed by atoms with Crippen LogP contribution in [-0.2, 0) is 6.42 Å². The molecule has 0 saturated heterocycles. The molecule has 0 amide bonds. The molecule has 2 aromatic carbocycles. The molecule has 0 atom stereocenters. The lowest BCUT2D eigenvalue weighted by Crippen LogP contribution is -2.26. The highest BCUT2D eigenvalue weighted by atomic mass is 35.5. The van der Waals surface area contributed by atoms with Crippen LogP contribution >= 0.6 is 11.6 Å². The standard InChI is InChI=1S/C18H14ClNO2/c19-12-8-9-16-15(11-12)17-14(7-4-10-22-17)18(21)20(16)13-5-2-1-3-6-13/h1-3,5-6,8-9,11H,4,7,10H2. The lowest BCUT2D eigenvalue weighted by atomic mass is 10.0. The Labute approximate surface area is 132 Å². The van der Waals surface area contributed by atoms with Gasteiger partial charge >= 0.3 is 0 Å². The van der Waals surface area contributed by atoms with Crippen molar-refractivity contribution in [1.29, 1.82) is 0 Å². The number of aromatic nitrogens is 1. The van der Waals surface area contributed by atoms with Crippen LogP contribution in [0.1, 0.15) is 12.0 Å². The van der Waals surface area contributed by atoms with Crippen molar-refractivity contribution in [2.24, 2.45) is 0 Å². The summed E-state index contributed by atoms with van der Waals surface area (Å²) < 4.78 is 7.54. The molecule has 0 N–H and O–H groups in total. The van der Waals surface area contributed by atoms with E-state index >= 15 is 0 Å². The number of fused-ring (bicyclic) bond motifs is 3. The second-order valence-corrected chi connectivity index (χ2v) is 5.83. The van der Waals surface area contributed by atoms with Crippen LogP contribution in [0, 0.1) is 0 Å². The van der Waals surface area contributed by atoms with E-state index in [9.17, 15) is 4.79 Å². The van der Waals surface area contributed by atoms with Gasteiger partial charge in [-0.15, -0.1) is 0 Å². The number of benzene rings is 2. The van der Waals surface area contributed by atoms with Gasteiger partial charge < -0.3 is 4.74 Å². The largest absolute Gasteiger partial charge is 0.492 e. The van der Waals surface area contributed by atoms with Crippen molar-refractivity contribution < 1.29 is 4.74 Å². The van der Waals surface area contributed by atoms with Crippen molar-refractivity contribution in [2.45, 2.75) is 12.8 Å². The number of para-hydroxylation sites is 1. The van der Waals surface area contributed by atoms with E-state index in [-0.39, 0.29) is 5.56 Å². The second kappa shape index (κ2) is 5.18. The second-order valence-electron chi connectivity index (χ2n) is 5.40. The first-order valence-electron chi connectivity index (χ1n) is 7.31. The summed E-state index contributed by atoms with van der Waals surface area (Å²) in [5, 5.41) is 1.53. The van der Waals surface area contributed by atoms with Gasteiger partial charge in [0.15, 0.2) is 0 Å². The summed E-state index contributed by atoms with van der Waals surface area (Å²) in [5.41, 5.74) is 2.41. The van der Waals surface area contributed by atoms with Crippen LogP contribution in [0.2, 0.25) is 5.02 Å². The molecule has 2 heterocycles. The number of halogens is 1. The maximum Gasteiger partial charge on any atom is 0.262 e. The third-order valence-corrected chi connectivity index (χ3v) is 4.25. The van der Waals surface area contributed by atoms with Gasteiger partial charge in [-0.2, -0.15) is 0 Å². The minimum atomic E-state index is -0.00396. The van der Waals surface area contributed by atoms with Gasteiger partial charge in [-0.25, -0.2) is 0 Å². The molecule has 4 rings (SSSR count).